The molecule has 0 atom stereocenters. The molecule has 0 aliphatic carbocycles. The van der Waals surface area contributed by atoms with Gasteiger partial charge >= 0.3 is 0 Å². The van der Waals surface area contributed by atoms with E-state index in [0.29, 0.717) is 29.5 Å². The summed E-state index contributed by atoms with van der Waals surface area (Å²) in [5.74, 6) is 1.20. The zero-order valence-corrected chi connectivity index (χ0v) is 11.4. The summed E-state index contributed by atoms with van der Waals surface area (Å²) >= 11 is 0. The van der Waals surface area contributed by atoms with Crippen molar-refractivity contribution in [2.45, 2.75) is 6.54 Å². The first-order valence-electron chi connectivity index (χ1n) is 6.42. The number of nitrogens with zero attached hydrogens (tertiary/aromatic N) is 4. The number of benzene rings is 1. The Hall–Kier alpha value is -3.14. The zero-order valence-electron chi connectivity index (χ0n) is 11.4. The first kappa shape index (κ1) is 12.9. The molecular formula is C14H13N7. The van der Waals surface area contributed by atoms with E-state index >= 15 is 0 Å². The number of fused-ring (bicyclic) bond motifs is 1. The highest BCUT2D eigenvalue weighted by atomic mass is 15.2. The molecular weight excluding hydrogens is 266 g/mol. The van der Waals surface area contributed by atoms with Crippen molar-refractivity contribution in [1.29, 1.82) is 5.26 Å². The first-order valence-corrected chi connectivity index (χ1v) is 6.42. The van der Waals surface area contributed by atoms with Gasteiger partial charge in [0.1, 0.15) is 5.52 Å². The highest BCUT2D eigenvalue weighted by Gasteiger charge is 2.08. The molecule has 0 aliphatic heterocycles. The van der Waals surface area contributed by atoms with Gasteiger partial charge in [-0.25, -0.2) is 4.98 Å². The van der Waals surface area contributed by atoms with Crippen LogP contribution in [0.1, 0.15) is 11.1 Å². The Labute approximate surface area is 121 Å². The van der Waals surface area contributed by atoms with Gasteiger partial charge in [-0.15, -0.1) is 0 Å². The number of nitriles is 1. The van der Waals surface area contributed by atoms with Crippen molar-refractivity contribution in [3.63, 3.8) is 0 Å². The monoisotopic (exact) mass is 279 g/mol. The lowest BCUT2D eigenvalue weighted by molar-refractivity contribution is 1.09. The predicted octanol–water partition coefficient (Wildman–Crippen LogP) is 1.88. The normalized spacial score (nSPS) is 10.3. The standard InChI is InChI=1S/C14H13N7/c1-16-14-20-12(11-13(21-14)19-8-18-11)17-7-10-4-2-9(6-15)3-5-10/h2-5,8H,7H2,1H3,(H3,16,17,18,19,20,21). The van der Waals surface area contributed by atoms with Crippen LogP contribution in [0.25, 0.3) is 11.2 Å². The lowest BCUT2D eigenvalue weighted by atomic mass is 10.1. The van der Waals surface area contributed by atoms with Crippen molar-refractivity contribution in [2.24, 2.45) is 0 Å². The van der Waals surface area contributed by atoms with Gasteiger partial charge in [-0.2, -0.15) is 15.2 Å². The molecule has 21 heavy (non-hydrogen) atoms. The molecule has 104 valence electrons. The van der Waals surface area contributed by atoms with E-state index in [9.17, 15) is 0 Å². The van der Waals surface area contributed by atoms with E-state index in [0.717, 1.165) is 11.1 Å². The summed E-state index contributed by atoms with van der Waals surface area (Å²) in [5.41, 5.74) is 3.08. The number of anilines is 2. The smallest absolute Gasteiger partial charge is 0.226 e. The van der Waals surface area contributed by atoms with Crippen LogP contribution in [0.3, 0.4) is 0 Å². The van der Waals surface area contributed by atoms with Crippen LogP contribution in [0.5, 0.6) is 0 Å². The molecule has 0 bridgehead atoms. The van der Waals surface area contributed by atoms with Gasteiger partial charge in [-0.1, -0.05) is 12.1 Å². The molecule has 0 unspecified atom stereocenters. The van der Waals surface area contributed by atoms with Gasteiger partial charge in [0.15, 0.2) is 11.5 Å². The van der Waals surface area contributed by atoms with Crippen LogP contribution in [0.2, 0.25) is 0 Å². The Morgan fingerprint density at radius 3 is 2.76 bits per heavy atom. The van der Waals surface area contributed by atoms with Gasteiger partial charge in [-0.05, 0) is 17.7 Å². The second-order valence-electron chi connectivity index (χ2n) is 4.41. The minimum Gasteiger partial charge on any atom is -0.364 e. The molecule has 3 N–H and O–H groups in total. The molecule has 3 aromatic rings. The van der Waals surface area contributed by atoms with Crippen molar-refractivity contribution in [3.05, 3.63) is 41.7 Å². The fourth-order valence-electron chi connectivity index (χ4n) is 1.96. The van der Waals surface area contributed by atoms with Crippen molar-refractivity contribution in [3.8, 4) is 6.07 Å². The van der Waals surface area contributed by atoms with Crippen molar-refractivity contribution in [2.75, 3.05) is 17.7 Å². The van der Waals surface area contributed by atoms with Crippen LogP contribution >= 0.6 is 0 Å². The second kappa shape index (κ2) is 5.46. The molecule has 7 heteroatoms. The number of H-pyrrole nitrogens is 1. The minimum absolute atomic E-state index is 0.511. The summed E-state index contributed by atoms with van der Waals surface area (Å²) in [6.45, 7) is 0.597. The maximum atomic E-state index is 8.79. The highest BCUT2D eigenvalue weighted by Crippen LogP contribution is 2.19. The van der Waals surface area contributed by atoms with Gasteiger partial charge in [0.2, 0.25) is 5.95 Å². The van der Waals surface area contributed by atoms with Gasteiger partial charge < -0.3 is 15.6 Å². The van der Waals surface area contributed by atoms with E-state index < -0.39 is 0 Å². The number of hydrogen-bond acceptors (Lipinski definition) is 6. The van der Waals surface area contributed by atoms with E-state index in [-0.39, 0.29) is 0 Å². The Morgan fingerprint density at radius 2 is 2.05 bits per heavy atom. The van der Waals surface area contributed by atoms with E-state index in [1.54, 1.807) is 25.5 Å². The number of aromatic amines is 1. The summed E-state index contributed by atoms with van der Waals surface area (Å²) in [5, 5.41) is 15.0. The molecule has 2 aromatic heterocycles. The van der Waals surface area contributed by atoms with Crippen molar-refractivity contribution < 1.29 is 0 Å². The van der Waals surface area contributed by atoms with Crippen LogP contribution in [0, 0.1) is 11.3 Å². The third kappa shape index (κ3) is 2.60. The Kier molecular flexibility index (Phi) is 3.35. The van der Waals surface area contributed by atoms with Crippen LogP contribution < -0.4 is 10.6 Å². The van der Waals surface area contributed by atoms with E-state index in [4.69, 9.17) is 5.26 Å². The number of aromatic nitrogens is 4. The lowest BCUT2D eigenvalue weighted by Crippen LogP contribution is -2.05. The molecule has 0 aliphatic rings. The minimum atomic E-state index is 0.511. The van der Waals surface area contributed by atoms with E-state index in [1.165, 1.54) is 0 Å². The SMILES string of the molecule is CNc1nc(NCc2ccc(C#N)cc2)c2[nH]cnc2n1. The molecule has 0 radical (unpaired) electrons. The molecule has 0 saturated carbocycles. The summed E-state index contributed by atoms with van der Waals surface area (Å²) in [7, 11) is 1.76. The summed E-state index contributed by atoms with van der Waals surface area (Å²) in [4.78, 5) is 15.8. The van der Waals surface area contributed by atoms with E-state index in [1.807, 2.05) is 12.1 Å². The van der Waals surface area contributed by atoms with Crippen molar-refractivity contribution >= 4 is 22.9 Å². The van der Waals surface area contributed by atoms with Crippen LogP contribution in [-0.4, -0.2) is 27.0 Å². The molecule has 2 heterocycles. The number of imidazole rings is 1. The maximum Gasteiger partial charge on any atom is 0.226 e. The van der Waals surface area contributed by atoms with Gasteiger partial charge in [0.25, 0.3) is 0 Å². The fourth-order valence-corrected chi connectivity index (χ4v) is 1.96. The summed E-state index contributed by atoms with van der Waals surface area (Å²) < 4.78 is 0. The zero-order chi connectivity index (χ0) is 14.7. The first-order chi connectivity index (χ1) is 10.3. The molecule has 0 amide bonds. The van der Waals surface area contributed by atoms with Gasteiger partial charge in [-0.3, -0.25) is 0 Å². The van der Waals surface area contributed by atoms with E-state index in [2.05, 4.69) is 36.6 Å². The molecule has 1 aromatic carbocycles. The highest BCUT2D eigenvalue weighted by molar-refractivity contribution is 5.83. The lowest BCUT2D eigenvalue weighted by Gasteiger charge is -2.08. The summed E-state index contributed by atoms with van der Waals surface area (Å²) in [6, 6.07) is 9.51. The average molecular weight is 279 g/mol. The Balaban J connectivity index is 1.83. The van der Waals surface area contributed by atoms with Crippen LogP contribution in [0.15, 0.2) is 30.6 Å². The molecule has 3 rings (SSSR count). The second-order valence-corrected chi connectivity index (χ2v) is 4.41. The number of nitrogens with one attached hydrogen (secondary N) is 3. The Morgan fingerprint density at radius 1 is 1.24 bits per heavy atom. The number of rotatable bonds is 4. The molecule has 0 saturated heterocycles. The average Bonchev–Trinajstić information content (AvgIpc) is 3.01. The largest absolute Gasteiger partial charge is 0.364 e. The summed E-state index contributed by atoms with van der Waals surface area (Å²) in [6.07, 6.45) is 1.59. The quantitative estimate of drug-likeness (QED) is 0.674. The van der Waals surface area contributed by atoms with Crippen molar-refractivity contribution in [1.82, 2.24) is 19.9 Å². The van der Waals surface area contributed by atoms with Crippen LogP contribution in [-0.2, 0) is 6.54 Å². The molecule has 0 fully saturated rings. The third-order valence-electron chi connectivity index (χ3n) is 3.05. The van der Waals surface area contributed by atoms with Gasteiger partial charge in [0.05, 0.1) is 18.0 Å². The third-order valence-corrected chi connectivity index (χ3v) is 3.05. The Bertz CT molecular complexity index is 798. The molecule has 7 nitrogen and oxygen atoms in total. The molecule has 0 spiro atoms. The predicted molar refractivity (Wildman–Crippen MR) is 79.7 cm³/mol. The number of hydrogen-bond donors (Lipinski definition) is 3. The fraction of sp³-hybridized carbons (Fsp3) is 0.143. The van der Waals surface area contributed by atoms with Gasteiger partial charge in [0, 0.05) is 13.6 Å². The maximum absolute atomic E-state index is 8.79. The van der Waals surface area contributed by atoms with Crippen LogP contribution in [0.4, 0.5) is 11.8 Å². The topological polar surface area (TPSA) is 102 Å².